The molecule has 0 saturated heterocycles. The van der Waals surface area contributed by atoms with E-state index in [9.17, 15) is 0 Å². The Morgan fingerprint density at radius 1 is 0.381 bits per heavy atom. The van der Waals surface area contributed by atoms with Gasteiger partial charge in [-0.15, -0.1) is 11.3 Å². The van der Waals surface area contributed by atoms with Gasteiger partial charge in [0.2, 0.25) is 0 Å². The first-order valence-corrected chi connectivity index (χ1v) is 15.1. The van der Waals surface area contributed by atoms with E-state index in [0.717, 1.165) is 11.4 Å². The van der Waals surface area contributed by atoms with Crippen molar-refractivity contribution in [2.24, 2.45) is 0 Å². The number of rotatable bonds is 5. The third kappa shape index (κ3) is 4.52. The van der Waals surface area contributed by atoms with Gasteiger partial charge in [-0.1, -0.05) is 115 Å². The number of anilines is 2. The molecule has 0 saturated carbocycles. The lowest BCUT2D eigenvalue weighted by Crippen LogP contribution is -1.93. The van der Waals surface area contributed by atoms with Gasteiger partial charge in [0.1, 0.15) is 0 Å². The Hall–Kier alpha value is -5.18. The molecule has 8 rings (SSSR count). The highest BCUT2D eigenvalue weighted by atomic mass is 32.1. The zero-order valence-corrected chi connectivity index (χ0v) is 23.7. The van der Waals surface area contributed by atoms with Crippen LogP contribution in [0.15, 0.2) is 158 Å². The van der Waals surface area contributed by atoms with E-state index in [0.29, 0.717) is 0 Å². The van der Waals surface area contributed by atoms with Crippen molar-refractivity contribution in [3.8, 4) is 33.4 Å². The largest absolute Gasteiger partial charge is 0.355 e. The van der Waals surface area contributed by atoms with Gasteiger partial charge in [-0.05, 0) is 86.6 Å². The fraction of sp³-hybridized carbons (Fsp3) is 0. The van der Waals surface area contributed by atoms with Crippen molar-refractivity contribution >= 4 is 53.7 Å². The minimum absolute atomic E-state index is 1.07. The fourth-order valence-electron chi connectivity index (χ4n) is 5.91. The highest BCUT2D eigenvalue weighted by Crippen LogP contribution is 2.40. The predicted molar refractivity (Wildman–Crippen MR) is 183 cm³/mol. The molecule has 8 aromatic rings. The van der Waals surface area contributed by atoms with E-state index < -0.39 is 0 Å². The average Bonchev–Trinajstić information content (AvgIpc) is 3.44. The Kier molecular flexibility index (Phi) is 6.05. The summed E-state index contributed by atoms with van der Waals surface area (Å²) in [6, 6.07) is 56.8. The maximum atomic E-state index is 3.70. The highest BCUT2D eigenvalue weighted by molar-refractivity contribution is 7.26. The molecule has 198 valence electrons. The molecule has 0 radical (unpaired) electrons. The van der Waals surface area contributed by atoms with Crippen LogP contribution in [0.2, 0.25) is 0 Å². The summed E-state index contributed by atoms with van der Waals surface area (Å²) < 4.78 is 2.67. The van der Waals surface area contributed by atoms with Crippen LogP contribution in [0.1, 0.15) is 0 Å². The summed E-state index contributed by atoms with van der Waals surface area (Å²) in [7, 11) is 0. The number of fused-ring (bicyclic) bond motifs is 4. The van der Waals surface area contributed by atoms with Crippen molar-refractivity contribution in [3.63, 3.8) is 0 Å². The first-order chi connectivity index (χ1) is 20.8. The third-order valence-electron chi connectivity index (χ3n) is 8.01. The lowest BCUT2D eigenvalue weighted by Gasteiger charge is -2.14. The minimum atomic E-state index is 1.07. The molecule has 42 heavy (non-hydrogen) atoms. The van der Waals surface area contributed by atoms with Gasteiger partial charge >= 0.3 is 0 Å². The number of hydrogen-bond acceptors (Lipinski definition) is 2. The lowest BCUT2D eigenvalue weighted by atomic mass is 9.96. The smallest absolute Gasteiger partial charge is 0.0433 e. The van der Waals surface area contributed by atoms with Crippen LogP contribution >= 0.6 is 11.3 Å². The molecule has 0 bridgehead atoms. The van der Waals surface area contributed by atoms with Gasteiger partial charge in [0.25, 0.3) is 0 Å². The van der Waals surface area contributed by atoms with Gasteiger partial charge in [0.15, 0.2) is 0 Å². The SMILES string of the molecule is c1ccc(-c2cc(Nc3ccc(-c4cccc5c4sc4ccccc45)cc3)cc(-c3ccc4ccccc4c3)c2)cc1. The number of thiophene rings is 1. The van der Waals surface area contributed by atoms with Crippen LogP contribution in [0.3, 0.4) is 0 Å². The Labute approximate surface area is 249 Å². The van der Waals surface area contributed by atoms with Crippen LogP contribution in [0.25, 0.3) is 64.3 Å². The van der Waals surface area contributed by atoms with E-state index in [1.807, 2.05) is 11.3 Å². The topological polar surface area (TPSA) is 12.0 Å². The number of hydrogen-bond donors (Lipinski definition) is 1. The van der Waals surface area contributed by atoms with Crippen molar-refractivity contribution in [2.45, 2.75) is 0 Å². The van der Waals surface area contributed by atoms with Crippen molar-refractivity contribution in [1.82, 2.24) is 0 Å². The summed E-state index contributed by atoms with van der Waals surface area (Å²) in [6.07, 6.45) is 0. The molecular weight excluding hydrogens is 527 g/mol. The Morgan fingerprint density at radius 3 is 1.93 bits per heavy atom. The first kappa shape index (κ1) is 24.6. The maximum absolute atomic E-state index is 3.70. The molecule has 1 aromatic heterocycles. The normalized spacial score (nSPS) is 11.3. The van der Waals surface area contributed by atoms with Gasteiger partial charge in [0, 0.05) is 31.5 Å². The van der Waals surface area contributed by atoms with Crippen molar-refractivity contribution < 1.29 is 0 Å². The van der Waals surface area contributed by atoms with E-state index in [1.165, 1.54) is 64.3 Å². The van der Waals surface area contributed by atoms with Crippen LogP contribution in [-0.2, 0) is 0 Å². The van der Waals surface area contributed by atoms with Crippen molar-refractivity contribution in [2.75, 3.05) is 5.32 Å². The van der Waals surface area contributed by atoms with E-state index in [-0.39, 0.29) is 0 Å². The van der Waals surface area contributed by atoms with E-state index in [4.69, 9.17) is 0 Å². The second-order valence-corrected chi connectivity index (χ2v) is 11.8. The number of benzene rings is 7. The average molecular weight is 554 g/mol. The van der Waals surface area contributed by atoms with Gasteiger partial charge in [0.05, 0.1) is 0 Å². The Balaban J connectivity index is 1.16. The molecule has 0 aliphatic rings. The van der Waals surface area contributed by atoms with Crippen LogP contribution in [0, 0.1) is 0 Å². The molecule has 1 nitrogen and oxygen atoms in total. The van der Waals surface area contributed by atoms with Crippen molar-refractivity contribution in [1.29, 1.82) is 0 Å². The van der Waals surface area contributed by atoms with E-state index in [1.54, 1.807) is 0 Å². The summed E-state index contributed by atoms with van der Waals surface area (Å²) in [5, 5.41) is 8.86. The summed E-state index contributed by atoms with van der Waals surface area (Å²) in [4.78, 5) is 0. The Bertz CT molecular complexity index is 2210. The Morgan fingerprint density at radius 2 is 1.07 bits per heavy atom. The molecule has 2 heteroatoms. The molecule has 7 aromatic carbocycles. The zero-order valence-electron chi connectivity index (χ0n) is 22.9. The number of nitrogens with one attached hydrogen (secondary N) is 1. The summed E-state index contributed by atoms with van der Waals surface area (Å²) in [5.41, 5.74) is 9.44. The molecule has 1 N–H and O–H groups in total. The van der Waals surface area contributed by atoms with Gasteiger partial charge in [-0.3, -0.25) is 0 Å². The molecule has 0 unspecified atom stereocenters. The van der Waals surface area contributed by atoms with Crippen LogP contribution in [0.4, 0.5) is 11.4 Å². The van der Waals surface area contributed by atoms with E-state index in [2.05, 4.69) is 163 Å². The van der Waals surface area contributed by atoms with Crippen molar-refractivity contribution in [3.05, 3.63) is 158 Å². The van der Waals surface area contributed by atoms with Crippen LogP contribution in [-0.4, -0.2) is 0 Å². The van der Waals surface area contributed by atoms with Gasteiger partial charge < -0.3 is 5.32 Å². The quantitative estimate of drug-likeness (QED) is 0.223. The predicted octanol–water partition coefficient (Wildman–Crippen LogP) is 12.0. The molecule has 0 amide bonds. The lowest BCUT2D eigenvalue weighted by molar-refractivity contribution is 1.53. The first-order valence-electron chi connectivity index (χ1n) is 14.3. The fourth-order valence-corrected chi connectivity index (χ4v) is 7.15. The van der Waals surface area contributed by atoms with E-state index >= 15 is 0 Å². The van der Waals surface area contributed by atoms with Gasteiger partial charge in [-0.2, -0.15) is 0 Å². The molecule has 1 heterocycles. The monoisotopic (exact) mass is 553 g/mol. The minimum Gasteiger partial charge on any atom is -0.355 e. The standard InChI is InChI=1S/C40H27NS/c1-2-9-27(10-3-1)32-24-33(31-18-17-28-11-4-5-12-30(28)23-31)26-35(25-32)41-34-21-19-29(20-22-34)36-14-8-15-38-37-13-6-7-16-39(37)42-40(36)38/h1-26,41H. The summed E-state index contributed by atoms with van der Waals surface area (Å²) >= 11 is 1.87. The second-order valence-electron chi connectivity index (χ2n) is 10.7. The summed E-state index contributed by atoms with van der Waals surface area (Å²) in [5.74, 6) is 0. The molecular formula is C40H27NS. The third-order valence-corrected chi connectivity index (χ3v) is 9.23. The van der Waals surface area contributed by atoms with Gasteiger partial charge in [-0.25, -0.2) is 0 Å². The maximum Gasteiger partial charge on any atom is 0.0433 e. The molecule has 0 fully saturated rings. The van der Waals surface area contributed by atoms with Crippen LogP contribution < -0.4 is 5.32 Å². The summed E-state index contributed by atoms with van der Waals surface area (Å²) in [6.45, 7) is 0. The highest BCUT2D eigenvalue weighted by Gasteiger charge is 2.11. The van der Waals surface area contributed by atoms with Crippen LogP contribution in [0.5, 0.6) is 0 Å². The molecule has 0 aliphatic carbocycles. The zero-order chi connectivity index (χ0) is 27.9. The molecule has 0 spiro atoms. The molecule has 0 aliphatic heterocycles. The molecule has 0 atom stereocenters. The second kappa shape index (κ2) is 10.3.